The summed E-state index contributed by atoms with van der Waals surface area (Å²) in [7, 11) is 0. The fraction of sp³-hybridized carbons (Fsp3) is 1.00. The average Bonchev–Trinajstić information content (AvgIpc) is 2.81. The van der Waals surface area contributed by atoms with E-state index in [1.165, 1.54) is 12.8 Å². The predicted octanol–water partition coefficient (Wildman–Crippen LogP) is 0.476. The molecular formula is C12H24N2O2. The first-order valence-electron chi connectivity index (χ1n) is 6.49. The van der Waals surface area contributed by atoms with E-state index < -0.39 is 0 Å². The average molecular weight is 228 g/mol. The van der Waals surface area contributed by atoms with E-state index in [0.29, 0.717) is 12.1 Å². The third-order valence-corrected chi connectivity index (χ3v) is 3.35. The van der Waals surface area contributed by atoms with Gasteiger partial charge in [-0.15, -0.1) is 0 Å². The highest BCUT2D eigenvalue weighted by atomic mass is 16.5. The maximum Gasteiger partial charge on any atom is 0.0700 e. The molecule has 0 aliphatic carbocycles. The second-order valence-corrected chi connectivity index (χ2v) is 4.86. The summed E-state index contributed by atoms with van der Waals surface area (Å²) < 4.78 is 10.9. The standard InChI is InChI=1S/C12H24N2O2/c1-11(10-14-4-7-15-8-5-14)13-9-12-3-2-6-16-12/h11-13H,2-10H2,1H3/t11?,12-/m0/s1. The van der Waals surface area contributed by atoms with Gasteiger partial charge in [-0.05, 0) is 19.8 Å². The van der Waals surface area contributed by atoms with Gasteiger partial charge < -0.3 is 14.8 Å². The summed E-state index contributed by atoms with van der Waals surface area (Å²) in [6.45, 7) is 9.25. The van der Waals surface area contributed by atoms with E-state index in [1.54, 1.807) is 0 Å². The maximum absolute atomic E-state index is 5.60. The summed E-state index contributed by atoms with van der Waals surface area (Å²) in [5.74, 6) is 0. The molecule has 1 unspecified atom stereocenters. The second kappa shape index (κ2) is 6.55. The molecule has 4 heteroatoms. The topological polar surface area (TPSA) is 33.7 Å². The Labute approximate surface area is 98.3 Å². The summed E-state index contributed by atoms with van der Waals surface area (Å²) >= 11 is 0. The van der Waals surface area contributed by atoms with Gasteiger partial charge >= 0.3 is 0 Å². The first-order chi connectivity index (χ1) is 7.84. The molecule has 94 valence electrons. The summed E-state index contributed by atoms with van der Waals surface area (Å²) in [6.07, 6.45) is 2.90. The molecular weight excluding hydrogens is 204 g/mol. The van der Waals surface area contributed by atoms with Crippen molar-refractivity contribution in [3.05, 3.63) is 0 Å². The highest BCUT2D eigenvalue weighted by Crippen LogP contribution is 2.10. The Morgan fingerprint density at radius 2 is 2.12 bits per heavy atom. The van der Waals surface area contributed by atoms with Crippen LogP contribution in [0.25, 0.3) is 0 Å². The van der Waals surface area contributed by atoms with Gasteiger partial charge in [0.2, 0.25) is 0 Å². The van der Waals surface area contributed by atoms with Crippen molar-refractivity contribution < 1.29 is 9.47 Å². The van der Waals surface area contributed by atoms with E-state index in [1.807, 2.05) is 0 Å². The van der Waals surface area contributed by atoms with Crippen molar-refractivity contribution in [2.75, 3.05) is 46.0 Å². The zero-order valence-corrected chi connectivity index (χ0v) is 10.3. The third kappa shape index (κ3) is 4.01. The molecule has 0 amide bonds. The minimum atomic E-state index is 0.451. The summed E-state index contributed by atoms with van der Waals surface area (Å²) in [5.41, 5.74) is 0. The molecule has 0 aromatic rings. The number of nitrogens with one attached hydrogen (secondary N) is 1. The van der Waals surface area contributed by atoms with Crippen molar-refractivity contribution in [3.63, 3.8) is 0 Å². The van der Waals surface area contributed by atoms with Gasteiger partial charge in [0, 0.05) is 38.8 Å². The van der Waals surface area contributed by atoms with Crippen molar-refractivity contribution in [2.24, 2.45) is 0 Å². The Hall–Kier alpha value is -0.160. The van der Waals surface area contributed by atoms with E-state index in [-0.39, 0.29) is 0 Å². The Morgan fingerprint density at radius 3 is 2.81 bits per heavy atom. The molecule has 0 bridgehead atoms. The van der Waals surface area contributed by atoms with E-state index in [9.17, 15) is 0 Å². The zero-order valence-electron chi connectivity index (χ0n) is 10.3. The number of ether oxygens (including phenoxy) is 2. The molecule has 2 atom stereocenters. The molecule has 4 nitrogen and oxygen atoms in total. The van der Waals surface area contributed by atoms with Crippen molar-refractivity contribution in [1.82, 2.24) is 10.2 Å². The van der Waals surface area contributed by atoms with Crippen molar-refractivity contribution in [3.8, 4) is 0 Å². The molecule has 0 aromatic heterocycles. The highest BCUT2D eigenvalue weighted by Gasteiger charge is 2.17. The van der Waals surface area contributed by atoms with Gasteiger partial charge in [0.1, 0.15) is 0 Å². The lowest BCUT2D eigenvalue weighted by Gasteiger charge is -2.29. The molecule has 2 aliphatic heterocycles. The molecule has 2 fully saturated rings. The van der Waals surface area contributed by atoms with Crippen molar-refractivity contribution in [2.45, 2.75) is 31.9 Å². The quantitative estimate of drug-likeness (QED) is 0.742. The Kier molecular flexibility index (Phi) is 5.03. The molecule has 2 heterocycles. The van der Waals surface area contributed by atoms with Crippen LogP contribution >= 0.6 is 0 Å². The summed E-state index contributed by atoms with van der Waals surface area (Å²) in [5, 5.41) is 3.56. The fourth-order valence-electron chi connectivity index (χ4n) is 2.37. The highest BCUT2D eigenvalue weighted by molar-refractivity contribution is 4.74. The van der Waals surface area contributed by atoms with Gasteiger partial charge in [-0.3, -0.25) is 4.90 Å². The third-order valence-electron chi connectivity index (χ3n) is 3.35. The molecule has 0 spiro atoms. The fourth-order valence-corrected chi connectivity index (χ4v) is 2.37. The molecule has 0 saturated carbocycles. The van der Waals surface area contributed by atoms with Gasteiger partial charge in [0.15, 0.2) is 0 Å². The lowest BCUT2D eigenvalue weighted by Crippen LogP contribution is -2.45. The number of hydrogen-bond acceptors (Lipinski definition) is 4. The van der Waals surface area contributed by atoms with Gasteiger partial charge in [-0.25, -0.2) is 0 Å². The van der Waals surface area contributed by atoms with Gasteiger partial charge in [-0.2, -0.15) is 0 Å². The summed E-state index contributed by atoms with van der Waals surface area (Å²) in [6, 6.07) is 0.544. The Morgan fingerprint density at radius 1 is 1.31 bits per heavy atom. The first kappa shape index (κ1) is 12.3. The van der Waals surface area contributed by atoms with Crippen LogP contribution in [0.2, 0.25) is 0 Å². The van der Waals surface area contributed by atoms with Crippen LogP contribution in [0.3, 0.4) is 0 Å². The molecule has 2 rings (SSSR count). The van der Waals surface area contributed by atoms with Crippen LogP contribution in [0.15, 0.2) is 0 Å². The van der Waals surface area contributed by atoms with Gasteiger partial charge in [0.25, 0.3) is 0 Å². The molecule has 1 N–H and O–H groups in total. The summed E-state index contributed by atoms with van der Waals surface area (Å²) in [4.78, 5) is 2.47. The molecule has 0 aromatic carbocycles. The minimum absolute atomic E-state index is 0.451. The molecule has 2 saturated heterocycles. The van der Waals surface area contributed by atoms with Crippen LogP contribution in [-0.4, -0.2) is 63.0 Å². The molecule has 16 heavy (non-hydrogen) atoms. The lowest BCUT2D eigenvalue weighted by molar-refractivity contribution is 0.0332. The number of rotatable bonds is 5. The number of hydrogen-bond donors (Lipinski definition) is 1. The normalized spacial score (nSPS) is 29.4. The minimum Gasteiger partial charge on any atom is -0.379 e. The predicted molar refractivity (Wildman–Crippen MR) is 63.7 cm³/mol. The number of morpholine rings is 1. The van der Waals surface area contributed by atoms with Gasteiger partial charge in [0.05, 0.1) is 19.3 Å². The van der Waals surface area contributed by atoms with E-state index in [4.69, 9.17) is 9.47 Å². The second-order valence-electron chi connectivity index (χ2n) is 4.86. The lowest BCUT2D eigenvalue weighted by atomic mass is 10.2. The van der Waals surface area contributed by atoms with E-state index >= 15 is 0 Å². The van der Waals surface area contributed by atoms with Crippen molar-refractivity contribution >= 4 is 0 Å². The van der Waals surface area contributed by atoms with Crippen LogP contribution in [0.5, 0.6) is 0 Å². The zero-order chi connectivity index (χ0) is 11.2. The molecule has 0 radical (unpaired) electrons. The largest absolute Gasteiger partial charge is 0.379 e. The van der Waals surface area contributed by atoms with Crippen LogP contribution < -0.4 is 5.32 Å². The van der Waals surface area contributed by atoms with E-state index in [0.717, 1.165) is 46.0 Å². The van der Waals surface area contributed by atoms with Crippen LogP contribution in [-0.2, 0) is 9.47 Å². The van der Waals surface area contributed by atoms with E-state index in [2.05, 4.69) is 17.1 Å². The Balaban J connectivity index is 1.57. The smallest absolute Gasteiger partial charge is 0.0700 e. The monoisotopic (exact) mass is 228 g/mol. The maximum atomic E-state index is 5.60. The molecule has 2 aliphatic rings. The van der Waals surface area contributed by atoms with Gasteiger partial charge in [-0.1, -0.05) is 0 Å². The Bertz CT molecular complexity index is 189. The van der Waals surface area contributed by atoms with Crippen LogP contribution in [0.4, 0.5) is 0 Å². The van der Waals surface area contributed by atoms with Crippen LogP contribution in [0, 0.1) is 0 Å². The first-order valence-corrected chi connectivity index (χ1v) is 6.49. The number of nitrogens with zero attached hydrogens (tertiary/aromatic N) is 1. The van der Waals surface area contributed by atoms with Crippen molar-refractivity contribution in [1.29, 1.82) is 0 Å². The SMILES string of the molecule is CC(CN1CCOCC1)NC[C@@H]1CCCO1. The van der Waals surface area contributed by atoms with Crippen LogP contribution in [0.1, 0.15) is 19.8 Å².